The number of hydrogen-bond donors (Lipinski definition) is 3. The Kier molecular flexibility index (Phi) is 4.14. The topological polar surface area (TPSA) is 107 Å². The molecule has 3 amide bonds. The molecule has 5 N–H and O–H groups in total. The number of amides is 3. The number of ether oxygens (including phenoxy) is 1. The highest BCUT2D eigenvalue weighted by Gasteiger charge is 2.15. The van der Waals surface area contributed by atoms with Gasteiger partial charge in [-0.2, -0.15) is 0 Å². The van der Waals surface area contributed by atoms with Crippen molar-refractivity contribution in [2.75, 3.05) is 6.54 Å². The van der Waals surface area contributed by atoms with Gasteiger partial charge in [-0.25, -0.2) is 9.59 Å². The van der Waals surface area contributed by atoms with Gasteiger partial charge in [-0.1, -0.05) is 30.3 Å². The minimum Gasteiger partial charge on any atom is -0.440 e. The average Bonchev–Trinajstić information content (AvgIpc) is 2.25. The van der Waals surface area contributed by atoms with Gasteiger partial charge in [0, 0.05) is 0 Å². The Morgan fingerprint density at radius 3 is 2.38 bits per heavy atom. The van der Waals surface area contributed by atoms with E-state index in [-0.39, 0.29) is 6.54 Å². The fraction of sp³-hybridized carbons (Fsp3) is 0.200. The van der Waals surface area contributed by atoms with Crippen LogP contribution in [0.5, 0.6) is 0 Å². The second-order valence-corrected chi connectivity index (χ2v) is 3.08. The van der Waals surface area contributed by atoms with Crippen molar-refractivity contribution in [3.05, 3.63) is 35.9 Å². The molecule has 0 aliphatic rings. The maximum absolute atomic E-state index is 10.7. The molecule has 6 heteroatoms. The summed E-state index contributed by atoms with van der Waals surface area (Å²) in [7, 11) is 0. The third-order valence-corrected chi connectivity index (χ3v) is 1.89. The van der Waals surface area contributed by atoms with Crippen LogP contribution in [0.25, 0.3) is 0 Å². The van der Waals surface area contributed by atoms with Crippen molar-refractivity contribution in [3.63, 3.8) is 0 Å². The van der Waals surface area contributed by atoms with Gasteiger partial charge in [-0.15, -0.1) is 0 Å². The smallest absolute Gasteiger partial charge is 0.405 e. The summed E-state index contributed by atoms with van der Waals surface area (Å²) in [6.45, 7) is 0.0856. The maximum atomic E-state index is 10.7. The van der Waals surface area contributed by atoms with E-state index in [0.29, 0.717) is 0 Å². The molecule has 0 radical (unpaired) electrons. The van der Waals surface area contributed by atoms with Crippen molar-refractivity contribution < 1.29 is 14.3 Å². The van der Waals surface area contributed by atoms with E-state index < -0.39 is 18.2 Å². The number of hydrogen-bond acceptors (Lipinski definition) is 3. The molecule has 1 aromatic carbocycles. The highest BCUT2D eigenvalue weighted by Crippen LogP contribution is 2.15. The van der Waals surface area contributed by atoms with Crippen molar-refractivity contribution in [3.8, 4) is 0 Å². The van der Waals surface area contributed by atoms with E-state index >= 15 is 0 Å². The summed E-state index contributed by atoms with van der Waals surface area (Å²) in [5, 5.41) is 2.36. The third-order valence-electron chi connectivity index (χ3n) is 1.89. The van der Waals surface area contributed by atoms with Gasteiger partial charge in [0.25, 0.3) is 0 Å². The van der Waals surface area contributed by atoms with Gasteiger partial charge in [0.15, 0.2) is 0 Å². The molecule has 0 saturated heterocycles. The van der Waals surface area contributed by atoms with Crippen molar-refractivity contribution >= 4 is 12.1 Å². The molecule has 0 bridgehead atoms. The maximum Gasteiger partial charge on any atom is 0.405 e. The van der Waals surface area contributed by atoms with Crippen molar-refractivity contribution in [2.24, 2.45) is 11.5 Å². The lowest BCUT2D eigenvalue weighted by molar-refractivity contribution is 0.107. The predicted octanol–water partition coefficient (Wildman–Crippen LogP) is 0.491. The van der Waals surface area contributed by atoms with Gasteiger partial charge in [0.05, 0.1) is 6.54 Å². The van der Waals surface area contributed by atoms with Crippen molar-refractivity contribution in [2.45, 2.75) is 6.10 Å². The Bertz CT molecular complexity index is 367. The molecule has 0 saturated carbocycles. The van der Waals surface area contributed by atoms with E-state index in [2.05, 4.69) is 5.32 Å². The number of urea groups is 1. The van der Waals surface area contributed by atoms with Gasteiger partial charge >= 0.3 is 12.1 Å². The fourth-order valence-electron chi connectivity index (χ4n) is 1.23. The molecule has 0 heterocycles. The first-order chi connectivity index (χ1) is 7.59. The molecule has 1 unspecified atom stereocenters. The summed E-state index contributed by atoms with van der Waals surface area (Å²) >= 11 is 0. The van der Waals surface area contributed by atoms with Crippen molar-refractivity contribution in [1.82, 2.24) is 5.32 Å². The molecule has 1 atom stereocenters. The summed E-state index contributed by atoms with van der Waals surface area (Å²) in [6, 6.07) is 8.24. The zero-order chi connectivity index (χ0) is 12.0. The lowest BCUT2D eigenvalue weighted by Gasteiger charge is -2.16. The number of primary amides is 2. The van der Waals surface area contributed by atoms with Crippen LogP contribution in [0.2, 0.25) is 0 Å². The first-order valence-electron chi connectivity index (χ1n) is 4.64. The van der Waals surface area contributed by atoms with Crippen LogP contribution in [0.1, 0.15) is 11.7 Å². The van der Waals surface area contributed by atoms with Crippen LogP contribution in [-0.2, 0) is 4.74 Å². The second kappa shape index (κ2) is 5.59. The molecule has 0 spiro atoms. The SMILES string of the molecule is NC(=O)NCC(OC(N)=O)c1ccccc1. The summed E-state index contributed by atoms with van der Waals surface area (Å²) in [5.74, 6) is 0. The standard InChI is InChI=1S/C10H13N3O3/c11-9(14)13-6-8(16-10(12)15)7-4-2-1-3-5-7/h1-5,8H,6H2,(H2,12,15)(H3,11,13,14). The van der Waals surface area contributed by atoms with Gasteiger partial charge < -0.3 is 21.5 Å². The first kappa shape index (κ1) is 11.8. The number of nitrogens with two attached hydrogens (primary N) is 2. The number of carbonyl (C=O) groups excluding carboxylic acids is 2. The first-order valence-corrected chi connectivity index (χ1v) is 4.64. The van der Waals surface area contributed by atoms with Crippen LogP contribution in [0, 0.1) is 0 Å². The summed E-state index contributed by atoms with van der Waals surface area (Å²) < 4.78 is 4.86. The molecule has 6 nitrogen and oxygen atoms in total. The van der Waals surface area contributed by atoms with Crippen LogP contribution in [-0.4, -0.2) is 18.7 Å². The van der Waals surface area contributed by atoms with Gasteiger partial charge in [-0.3, -0.25) is 0 Å². The quantitative estimate of drug-likeness (QED) is 0.691. The zero-order valence-corrected chi connectivity index (χ0v) is 8.55. The van der Waals surface area contributed by atoms with E-state index in [4.69, 9.17) is 16.2 Å². The minimum absolute atomic E-state index is 0.0856. The lowest BCUT2D eigenvalue weighted by atomic mass is 10.1. The summed E-state index contributed by atoms with van der Waals surface area (Å²) in [5.41, 5.74) is 10.6. The van der Waals surface area contributed by atoms with E-state index in [1.807, 2.05) is 6.07 Å². The molecule has 16 heavy (non-hydrogen) atoms. The Labute approximate surface area is 92.6 Å². The molecule has 86 valence electrons. The third kappa shape index (κ3) is 3.87. The molecule has 0 aliphatic carbocycles. The fourth-order valence-corrected chi connectivity index (χ4v) is 1.23. The Morgan fingerprint density at radius 1 is 1.25 bits per heavy atom. The Balaban J connectivity index is 2.71. The van der Waals surface area contributed by atoms with Gasteiger partial charge in [0.1, 0.15) is 6.10 Å². The molecular weight excluding hydrogens is 210 g/mol. The van der Waals surface area contributed by atoms with Crippen molar-refractivity contribution in [1.29, 1.82) is 0 Å². The number of carbonyl (C=O) groups is 2. The van der Waals surface area contributed by atoms with E-state index in [0.717, 1.165) is 5.56 Å². The number of nitrogens with one attached hydrogen (secondary N) is 1. The predicted molar refractivity (Wildman–Crippen MR) is 57.4 cm³/mol. The number of benzene rings is 1. The average molecular weight is 223 g/mol. The second-order valence-electron chi connectivity index (χ2n) is 3.08. The van der Waals surface area contributed by atoms with Gasteiger partial charge in [-0.05, 0) is 5.56 Å². The van der Waals surface area contributed by atoms with Crippen LogP contribution in [0.4, 0.5) is 9.59 Å². The monoisotopic (exact) mass is 223 g/mol. The van der Waals surface area contributed by atoms with E-state index in [1.165, 1.54) is 0 Å². The minimum atomic E-state index is -0.903. The van der Waals surface area contributed by atoms with Crippen LogP contribution in [0.15, 0.2) is 30.3 Å². The molecule has 1 rings (SSSR count). The summed E-state index contributed by atoms with van der Waals surface area (Å²) in [6.07, 6.45) is -1.54. The zero-order valence-electron chi connectivity index (χ0n) is 8.55. The largest absolute Gasteiger partial charge is 0.440 e. The molecule has 0 aromatic heterocycles. The van der Waals surface area contributed by atoms with E-state index in [1.54, 1.807) is 24.3 Å². The Hall–Kier alpha value is -2.24. The van der Waals surface area contributed by atoms with Gasteiger partial charge in [0.2, 0.25) is 0 Å². The molecule has 1 aromatic rings. The molecule has 0 aliphatic heterocycles. The lowest BCUT2D eigenvalue weighted by Crippen LogP contribution is -2.35. The normalized spacial score (nSPS) is 11.5. The number of rotatable bonds is 4. The van der Waals surface area contributed by atoms with Crippen LogP contribution < -0.4 is 16.8 Å². The highest BCUT2D eigenvalue weighted by atomic mass is 16.6. The van der Waals surface area contributed by atoms with E-state index in [9.17, 15) is 9.59 Å². The van der Waals surface area contributed by atoms with Crippen LogP contribution >= 0.6 is 0 Å². The highest BCUT2D eigenvalue weighted by molar-refractivity contribution is 5.71. The molecule has 0 fully saturated rings. The molecular formula is C10H13N3O3. The summed E-state index contributed by atoms with van der Waals surface area (Å²) in [4.78, 5) is 21.2. The Morgan fingerprint density at radius 2 is 1.88 bits per heavy atom. The van der Waals surface area contributed by atoms with Crippen LogP contribution in [0.3, 0.4) is 0 Å².